The molecule has 82 valence electrons. The van der Waals surface area contributed by atoms with E-state index in [1.807, 2.05) is 0 Å². The minimum atomic E-state index is -0.394. The second-order valence-corrected chi connectivity index (χ2v) is 4.12. The monoisotopic (exact) mass is 209 g/mol. The third-order valence-corrected chi connectivity index (χ3v) is 2.94. The molecule has 0 atom stereocenters. The van der Waals surface area contributed by atoms with Crippen LogP contribution in [0.1, 0.15) is 29.8 Å². The Morgan fingerprint density at radius 2 is 2.47 bits per heavy atom. The van der Waals surface area contributed by atoms with Crippen LogP contribution in [0.15, 0.2) is 12.3 Å². The SMILES string of the molecule is Cn1ccc(C(=O)NC2(CO)CCC2)n1. The van der Waals surface area contributed by atoms with Gasteiger partial charge in [-0.15, -0.1) is 0 Å². The van der Waals surface area contributed by atoms with Gasteiger partial charge in [-0.25, -0.2) is 0 Å². The molecule has 1 aliphatic rings. The molecule has 1 heterocycles. The number of rotatable bonds is 3. The third-order valence-electron chi connectivity index (χ3n) is 2.94. The van der Waals surface area contributed by atoms with Crippen LogP contribution in [0, 0.1) is 0 Å². The van der Waals surface area contributed by atoms with Gasteiger partial charge in [0.2, 0.25) is 0 Å². The van der Waals surface area contributed by atoms with Crippen molar-refractivity contribution in [2.45, 2.75) is 24.8 Å². The highest BCUT2D eigenvalue weighted by Crippen LogP contribution is 2.31. The van der Waals surface area contributed by atoms with Gasteiger partial charge in [0.05, 0.1) is 12.1 Å². The van der Waals surface area contributed by atoms with E-state index < -0.39 is 5.54 Å². The number of carbonyl (C=O) groups is 1. The highest BCUT2D eigenvalue weighted by Gasteiger charge is 2.38. The van der Waals surface area contributed by atoms with Crippen molar-refractivity contribution < 1.29 is 9.90 Å². The van der Waals surface area contributed by atoms with Crippen LogP contribution in [0.25, 0.3) is 0 Å². The van der Waals surface area contributed by atoms with Gasteiger partial charge in [0, 0.05) is 13.2 Å². The summed E-state index contributed by atoms with van der Waals surface area (Å²) in [7, 11) is 1.77. The summed E-state index contributed by atoms with van der Waals surface area (Å²) in [5, 5.41) is 16.1. The summed E-state index contributed by atoms with van der Waals surface area (Å²) in [5.74, 6) is -0.204. The van der Waals surface area contributed by atoms with Crippen molar-refractivity contribution in [3.05, 3.63) is 18.0 Å². The van der Waals surface area contributed by atoms with Gasteiger partial charge in [0.25, 0.3) is 5.91 Å². The first kappa shape index (κ1) is 10.2. The fourth-order valence-electron chi connectivity index (χ4n) is 1.77. The number of hydrogen-bond donors (Lipinski definition) is 2. The van der Waals surface area contributed by atoms with E-state index in [0.29, 0.717) is 5.69 Å². The summed E-state index contributed by atoms with van der Waals surface area (Å²) in [4.78, 5) is 11.7. The average Bonchev–Trinajstić information content (AvgIpc) is 2.58. The molecular formula is C10H15N3O2. The molecule has 0 radical (unpaired) electrons. The van der Waals surface area contributed by atoms with Gasteiger partial charge in [-0.2, -0.15) is 5.10 Å². The lowest BCUT2D eigenvalue weighted by Crippen LogP contribution is -2.56. The molecule has 0 bridgehead atoms. The van der Waals surface area contributed by atoms with Crippen molar-refractivity contribution in [3.63, 3.8) is 0 Å². The molecule has 1 aliphatic carbocycles. The predicted octanol–water partition coefficient (Wildman–Crippen LogP) is 0.0649. The summed E-state index contributed by atoms with van der Waals surface area (Å²) >= 11 is 0. The van der Waals surface area contributed by atoms with Crippen LogP contribution in [-0.4, -0.2) is 32.9 Å². The Balaban J connectivity index is 2.03. The minimum absolute atomic E-state index is 0.00553. The predicted molar refractivity (Wildman–Crippen MR) is 54.3 cm³/mol. The number of aryl methyl sites for hydroxylation is 1. The number of aliphatic hydroxyl groups excluding tert-OH is 1. The minimum Gasteiger partial charge on any atom is -0.394 e. The van der Waals surface area contributed by atoms with E-state index >= 15 is 0 Å². The Labute approximate surface area is 88.1 Å². The number of hydrogen-bond acceptors (Lipinski definition) is 3. The van der Waals surface area contributed by atoms with E-state index in [9.17, 15) is 9.90 Å². The third kappa shape index (κ3) is 1.87. The first-order valence-corrected chi connectivity index (χ1v) is 5.08. The zero-order valence-electron chi connectivity index (χ0n) is 8.73. The molecule has 5 nitrogen and oxygen atoms in total. The molecule has 0 aromatic carbocycles. The molecule has 1 fully saturated rings. The highest BCUT2D eigenvalue weighted by molar-refractivity contribution is 5.92. The topological polar surface area (TPSA) is 67.2 Å². The van der Waals surface area contributed by atoms with Gasteiger partial charge < -0.3 is 10.4 Å². The number of aliphatic hydroxyl groups is 1. The summed E-state index contributed by atoms with van der Waals surface area (Å²) in [6.45, 7) is 0.00553. The molecule has 5 heteroatoms. The quantitative estimate of drug-likeness (QED) is 0.740. The maximum absolute atomic E-state index is 11.7. The number of aromatic nitrogens is 2. The number of nitrogens with zero attached hydrogens (tertiary/aromatic N) is 2. The second-order valence-electron chi connectivity index (χ2n) is 4.12. The summed E-state index contributed by atoms with van der Waals surface area (Å²) < 4.78 is 1.58. The molecule has 2 N–H and O–H groups in total. The van der Waals surface area contributed by atoms with Crippen molar-refractivity contribution in [1.82, 2.24) is 15.1 Å². The maximum atomic E-state index is 11.7. The lowest BCUT2D eigenvalue weighted by atomic mass is 9.77. The van der Waals surface area contributed by atoms with E-state index in [-0.39, 0.29) is 12.5 Å². The van der Waals surface area contributed by atoms with Gasteiger partial charge in [-0.1, -0.05) is 0 Å². The fraction of sp³-hybridized carbons (Fsp3) is 0.600. The molecule has 0 saturated heterocycles. The van der Waals surface area contributed by atoms with Gasteiger partial charge >= 0.3 is 0 Å². The summed E-state index contributed by atoms with van der Waals surface area (Å²) in [5.41, 5.74) is 0.00597. The molecule has 1 amide bonds. The van der Waals surface area contributed by atoms with Gasteiger partial charge in [-0.3, -0.25) is 9.48 Å². The van der Waals surface area contributed by atoms with Gasteiger partial charge in [-0.05, 0) is 25.3 Å². The van der Waals surface area contributed by atoms with Crippen molar-refractivity contribution in [2.24, 2.45) is 7.05 Å². The van der Waals surface area contributed by atoms with Crippen LogP contribution in [0.3, 0.4) is 0 Å². The number of nitrogens with one attached hydrogen (secondary N) is 1. The summed E-state index contributed by atoms with van der Waals surface area (Å²) in [6.07, 6.45) is 4.48. The Morgan fingerprint density at radius 3 is 2.87 bits per heavy atom. The molecule has 1 aromatic heterocycles. The Kier molecular flexibility index (Phi) is 2.48. The smallest absolute Gasteiger partial charge is 0.272 e. The Bertz CT molecular complexity index is 363. The number of amides is 1. The largest absolute Gasteiger partial charge is 0.394 e. The van der Waals surface area contributed by atoms with E-state index in [2.05, 4.69) is 10.4 Å². The Morgan fingerprint density at radius 1 is 1.73 bits per heavy atom. The molecule has 2 rings (SSSR count). The van der Waals surface area contributed by atoms with E-state index in [4.69, 9.17) is 0 Å². The standard InChI is InChI=1S/C10H15N3O2/c1-13-6-3-8(12-13)9(15)11-10(7-14)4-2-5-10/h3,6,14H,2,4-5,7H2,1H3,(H,11,15). The second kappa shape index (κ2) is 3.66. The van der Waals surface area contributed by atoms with E-state index in [1.54, 1.807) is 24.0 Å². The van der Waals surface area contributed by atoms with Crippen LogP contribution in [-0.2, 0) is 7.05 Å². The Hall–Kier alpha value is -1.36. The summed E-state index contributed by atoms with van der Waals surface area (Å²) in [6, 6.07) is 1.67. The lowest BCUT2D eigenvalue weighted by Gasteiger charge is -2.40. The van der Waals surface area contributed by atoms with Crippen molar-refractivity contribution in [1.29, 1.82) is 0 Å². The zero-order chi connectivity index (χ0) is 10.9. The first-order chi connectivity index (χ1) is 7.15. The van der Waals surface area contributed by atoms with E-state index in [1.165, 1.54) is 0 Å². The normalized spacial score (nSPS) is 18.3. The van der Waals surface area contributed by atoms with Crippen molar-refractivity contribution in [2.75, 3.05) is 6.61 Å². The molecule has 1 aromatic rings. The van der Waals surface area contributed by atoms with Crippen molar-refractivity contribution in [3.8, 4) is 0 Å². The molecular weight excluding hydrogens is 194 g/mol. The van der Waals surface area contributed by atoms with Crippen LogP contribution < -0.4 is 5.32 Å². The van der Waals surface area contributed by atoms with E-state index in [0.717, 1.165) is 19.3 Å². The number of carbonyl (C=O) groups excluding carboxylic acids is 1. The first-order valence-electron chi connectivity index (χ1n) is 5.08. The molecule has 0 aliphatic heterocycles. The molecule has 0 spiro atoms. The van der Waals surface area contributed by atoms with Gasteiger partial charge in [0.15, 0.2) is 0 Å². The van der Waals surface area contributed by atoms with Crippen molar-refractivity contribution >= 4 is 5.91 Å². The molecule has 1 saturated carbocycles. The van der Waals surface area contributed by atoms with Crippen LogP contribution in [0.4, 0.5) is 0 Å². The van der Waals surface area contributed by atoms with Crippen LogP contribution in [0.5, 0.6) is 0 Å². The molecule has 15 heavy (non-hydrogen) atoms. The van der Waals surface area contributed by atoms with Crippen LogP contribution in [0.2, 0.25) is 0 Å². The maximum Gasteiger partial charge on any atom is 0.272 e. The lowest BCUT2D eigenvalue weighted by molar-refractivity contribution is 0.0637. The average molecular weight is 209 g/mol. The van der Waals surface area contributed by atoms with Gasteiger partial charge in [0.1, 0.15) is 5.69 Å². The fourth-order valence-corrected chi connectivity index (χ4v) is 1.77. The molecule has 0 unspecified atom stereocenters. The zero-order valence-corrected chi connectivity index (χ0v) is 8.73. The van der Waals surface area contributed by atoms with Crippen LogP contribution >= 0.6 is 0 Å². The highest BCUT2D eigenvalue weighted by atomic mass is 16.3.